The van der Waals surface area contributed by atoms with Gasteiger partial charge in [0.1, 0.15) is 23.0 Å². The maximum absolute atomic E-state index is 13.5. The van der Waals surface area contributed by atoms with Crippen LogP contribution >= 0.6 is 0 Å². The second kappa shape index (κ2) is 10.8. The van der Waals surface area contributed by atoms with Gasteiger partial charge in [-0.25, -0.2) is 0 Å². The van der Waals surface area contributed by atoms with Gasteiger partial charge in [0.2, 0.25) is 0 Å². The molecule has 1 unspecified atom stereocenters. The molecule has 0 saturated carbocycles. The summed E-state index contributed by atoms with van der Waals surface area (Å²) >= 11 is 0. The number of carbonyl (C=O) groups is 2. The summed E-state index contributed by atoms with van der Waals surface area (Å²) in [7, 11) is 2.99. The number of hydrogen-bond donors (Lipinski definition) is 1. The lowest BCUT2D eigenvalue weighted by Gasteiger charge is -2.26. The van der Waals surface area contributed by atoms with Crippen LogP contribution in [0.2, 0.25) is 0 Å². The predicted octanol–water partition coefficient (Wildman–Crippen LogP) is 5.67. The van der Waals surface area contributed by atoms with Crippen LogP contribution in [0.15, 0.2) is 72.3 Å². The molecule has 0 bridgehead atoms. The SMILES string of the molecule is COc1ccc(/C(O)=C2\C(=O)C(=O)N(c3cccc(C)c3)C2c2cccc(OCC(C)C)c2)c(OC)c1. The normalized spacial score (nSPS) is 16.8. The Morgan fingerprint density at radius 3 is 2.38 bits per heavy atom. The number of methoxy groups -OCH3 is 2. The Morgan fingerprint density at radius 2 is 1.70 bits per heavy atom. The molecule has 7 heteroatoms. The van der Waals surface area contributed by atoms with E-state index in [1.807, 2.05) is 43.3 Å². The van der Waals surface area contributed by atoms with Gasteiger partial charge in [0, 0.05) is 11.8 Å². The molecule has 0 radical (unpaired) electrons. The van der Waals surface area contributed by atoms with Crippen molar-refractivity contribution < 1.29 is 28.9 Å². The van der Waals surface area contributed by atoms with E-state index in [1.165, 1.54) is 19.1 Å². The van der Waals surface area contributed by atoms with E-state index >= 15 is 0 Å². The highest BCUT2D eigenvalue weighted by Gasteiger charge is 2.47. The molecule has 1 amide bonds. The summed E-state index contributed by atoms with van der Waals surface area (Å²) in [5.41, 5.74) is 2.38. The Bertz CT molecular complexity index is 1360. The summed E-state index contributed by atoms with van der Waals surface area (Å²) < 4.78 is 16.7. The number of aliphatic hydroxyl groups is 1. The lowest BCUT2D eigenvalue weighted by atomic mass is 9.94. The molecule has 0 spiro atoms. The van der Waals surface area contributed by atoms with Crippen molar-refractivity contribution in [3.63, 3.8) is 0 Å². The van der Waals surface area contributed by atoms with Crippen molar-refractivity contribution in [3.8, 4) is 17.2 Å². The van der Waals surface area contributed by atoms with E-state index in [0.29, 0.717) is 41.0 Å². The molecule has 192 valence electrons. The molecule has 3 aromatic rings. The molecule has 1 atom stereocenters. The molecule has 7 nitrogen and oxygen atoms in total. The Morgan fingerprint density at radius 1 is 0.946 bits per heavy atom. The van der Waals surface area contributed by atoms with Gasteiger partial charge >= 0.3 is 0 Å². The molecule has 1 saturated heterocycles. The Balaban J connectivity index is 1.93. The first-order valence-electron chi connectivity index (χ1n) is 12.1. The van der Waals surface area contributed by atoms with Crippen molar-refractivity contribution in [1.29, 1.82) is 0 Å². The molecule has 37 heavy (non-hydrogen) atoms. The summed E-state index contributed by atoms with van der Waals surface area (Å²) in [4.78, 5) is 28.4. The standard InChI is InChI=1S/C30H31NO6/c1-18(2)17-37-23-11-7-9-20(15-23)27-26(28(32)24-13-12-22(35-4)16-25(24)36-5)29(33)30(34)31(27)21-10-6-8-19(3)14-21/h6-16,18,27,32H,17H2,1-5H3/b28-26+. The molecule has 0 aromatic heterocycles. The van der Waals surface area contributed by atoms with Gasteiger partial charge in [-0.15, -0.1) is 0 Å². The Kier molecular flexibility index (Phi) is 7.53. The minimum absolute atomic E-state index is 0.0315. The zero-order valence-electron chi connectivity index (χ0n) is 21.6. The van der Waals surface area contributed by atoms with Crippen molar-refractivity contribution in [2.45, 2.75) is 26.8 Å². The average molecular weight is 502 g/mol. The third-order valence-electron chi connectivity index (χ3n) is 6.15. The minimum Gasteiger partial charge on any atom is -0.507 e. The van der Waals surface area contributed by atoms with E-state index in [9.17, 15) is 14.7 Å². The monoisotopic (exact) mass is 501 g/mol. The molecule has 1 heterocycles. The van der Waals surface area contributed by atoms with Crippen molar-refractivity contribution in [2.75, 3.05) is 25.7 Å². The quantitative estimate of drug-likeness (QED) is 0.243. The number of benzene rings is 3. The zero-order valence-corrected chi connectivity index (χ0v) is 21.6. The molecule has 3 aromatic carbocycles. The maximum atomic E-state index is 13.5. The number of anilines is 1. The molecule has 0 aliphatic carbocycles. The van der Waals surface area contributed by atoms with Crippen molar-refractivity contribution in [2.24, 2.45) is 5.92 Å². The molecule has 1 N–H and O–H groups in total. The fraction of sp³-hybridized carbons (Fsp3) is 0.267. The zero-order chi connectivity index (χ0) is 26.7. The fourth-order valence-corrected chi connectivity index (χ4v) is 4.37. The number of aryl methyl sites for hydroxylation is 1. The first-order chi connectivity index (χ1) is 17.7. The minimum atomic E-state index is -0.879. The van der Waals surface area contributed by atoms with Gasteiger partial charge in [0.25, 0.3) is 11.7 Å². The fourth-order valence-electron chi connectivity index (χ4n) is 4.37. The highest BCUT2D eigenvalue weighted by atomic mass is 16.5. The van der Waals surface area contributed by atoms with Gasteiger partial charge in [-0.2, -0.15) is 0 Å². The van der Waals surface area contributed by atoms with Crippen LogP contribution in [-0.4, -0.2) is 37.6 Å². The highest BCUT2D eigenvalue weighted by molar-refractivity contribution is 6.51. The van der Waals surface area contributed by atoms with Crippen LogP contribution in [0.5, 0.6) is 17.2 Å². The third kappa shape index (κ3) is 5.16. The Hall–Kier alpha value is -4.26. The predicted molar refractivity (Wildman–Crippen MR) is 142 cm³/mol. The van der Waals surface area contributed by atoms with E-state index in [0.717, 1.165) is 5.56 Å². The Labute approximate surface area is 216 Å². The van der Waals surface area contributed by atoms with Crippen LogP contribution in [0.1, 0.15) is 36.6 Å². The third-order valence-corrected chi connectivity index (χ3v) is 6.15. The highest BCUT2D eigenvalue weighted by Crippen LogP contribution is 2.44. The van der Waals surface area contributed by atoms with E-state index in [4.69, 9.17) is 14.2 Å². The van der Waals surface area contributed by atoms with Gasteiger partial charge in [-0.1, -0.05) is 38.1 Å². The summed E-state index contributed by atoms with van der Waals surface area (Å²) in [6, 6.07) is 18.6. The van der Waals surface area contributed by atoms with E-state index in [1.54, 1.807) is 30.3 Å². The van der Waals surface area contributed by atoms with E-state index in [-0.39, 0.29) is 16.9 Å². The molecular weight excluding hydrogens is 470 g/mol. The largest absolute Gasteiger partial charge is 0.507 e. The number of ketones is 1. The van der Waals surface area contributed by atoms with Crippen molar-refractivity contribution in [1.82, 2.24) is 0 Å². The summed E-state index contributed by atoms with van der Waals surface area (Å²) in [5.74, 6) is -0.0567. The molecule has 4 rings (SSSR count). The molecule has 1 fully saturated rings. The second-order valence-corrected chi connectivity index (χ2v) is 9.35. The number of amides is 1. The van der Waals surface area contributed by atoms with Crippen LogP contribution in [0.3, 0.4) is 0 Å². The van der Waals surface area contributed by atoms with Crippen LogP contribution in [0, 0.1) is 12.8 Å². The average Bonchev–Trinajstić information content (AvgIpc) is 3.17. The number of hydrogen-bond acceptors (Lipinski definition) is 6. The number of nitrogens with zero attached hydrogens (tertiary/aromatic N) is 1. The first-order valence-corrected chi connectivity index (χ1v) is 12.1. The lowest BCUT2D eigenvalue weighted by molar-refractivity contribution is -0.132. The molecule has 1 aliphatic heterocycles. The van der Waals surface area contributed by atoms with Crippen LogP contribution in [0.25, 0.3) is 5.76 Å². The summed E-state index contributed by atoms with van der Waals surface area (Å²) in [5, 5.41) is 11.5. The topological polar surface area (TPSA) is 85.3 Å². The van der Waals surface area contributed by atoms with Gasteiger partial charge in [0.05, 0.1) is 38.0 Å². The number of ether oxygens (including phenoxy) is 3. The molecular formula is C30H31NO6. The van der Waals surface area contributed by atoms with Crippen molar-refractivity contribution in [3.05, 3.63) is 89.0 Å². The summed E-state index contributed by atoms with van der Waals surface area (Å²) in [6.07, 6.45) is 0. The van der Waals surface area contributed by atoms with Crippen molar-refractivity contribution >= 4 is 23.1 Å². The van der Waals surface area contributed by atoms with Gasteiger partial charge < -0.3 is 19.3 Å². The van der Waals surface area contributed by atoms with Gasteiger partial charge in [-0.3, -0.25) is 14.5 Å². The number of aliphatic hydroxyl groups excluding tert-OH is 1. The van der Waals surface area contributed by atoms with Crippen LogP contribution in [0.4, 0.5) is 5.69 Å². The maximum Gasteiger partial charge on any atom is 0.300 e. The lowest BCUT2D eigenvalue weighted by Crippen LogP contribution is -2.29. The summed E-state index contributed by atoms with van der Waals surface area (Å²) in [6.45, 7) is 6.54. The number of carbonyl (C=O) groups excluding carboxylic acids is 2. The van der Waals surface area contributed by atoms with Crippen LogP contribution < -0.4 is 19.1 Å². The number of Topliss-reactive ketones (excluding diaryl/α,β-unsaturated/α-hetero) is 1. The second-order valence-electron chi connectivity index (χ2n) is 9.35. The van der Waals surface area contributed by atoms with Gasteiger partial charge in [-0.05, 0) is 60.4 Å². The van der Waals surface area contributed by atoms with E-state index < -0.39 is 17.7 Å². The van der Waals surface area contributed by atoms with E-state index in [2.05, 4.69) is 13.8 Å². The smallest absolute Gasteiger partial charge is 0.300 e. The molecule has 1 aliphatic rings. The number of rotatable bonds is 8. The van der Waals surface area contributed by atoms with Crippen LogP contribution in [-0.2, 0) is 9.59 Å². The van der Waals surface area contributed by atoms with Gasteiger partial charge in [0.15, 0.2) is 0 Å². The first kappa shape index (κ1) is 25.8.